The van der Waals surface area contributed by atoms with Crippen LogP contribution in [0.2, 0.25) is 0 Å². The normalized spacial score (nSPS) is 13.9. The number of anilines is 1. The molecule has 0 bridgehead atoms. The summed E-state index contributed by atoms with van der Waals surface area (Å²) < 4.78 is 6.83. The van der Waals surface area contributed by atoms with Gasteiger partial charge in [0.25, 0.3) is 5.56 Å². The van der Waals surface area contributed by atoms with Gasteiger partial charge in [0.15, 0.2) is 5.16 Å². The van der Waals surface area contributed by atoms with Crippen LogP contribution in [0.3, 0.4) is 0 Å². The maximum Gasteiger partial charge on any atom is 0.340 e. The number of nitrogens with one attached hydrogen (secondary N) is 1. The molecule has 4 rings (SSSR count). The van der Waals surface area contributed by atoms with Gasteiger partial charge in [0.2, 0.25) is 5.91 Å². The quantitative estimate of drug-likeness (QED) is 0.325. The molecular weight excluding hydrogens is 426 g/mol. The standard InChI is InChI=1S/C24H25N3O4S/c1-2-31-23(30)18-12-6-8-14-20(18)25-21(28)15-32-24-26-19-13-7-5-11-17(19)22(29)27(24)16-9-3-4-10-16/h5-8,11-14,16H,2-4,9-10,15H2,1H3,(H,25,28). The molecule has 1 fully saturated rings. The van der Waals surface area contributed by atoms with Crippen molar-refractivity contribution in [1.82, 2.24) is 9.55 Å². The van der Waals surface area contributed by atoms with Gasteiger partial charge in [-0.3, -0.25) is 14.2 Å². The topological polar surface area (TPSA) is 90.3 Å². The fraction of sp³-hybridized carbons (Fsp3) is 0.333. The lowest BCUT2D eigenvalue weighted by Crippen LogP contribution is -2.27. The molecule has 0 saturated heterocycles. The number of nitrogens with zero attached hydrogens (tertiary/aromatic N) is 2. The molecule has 166 valence electrons. The summed E-state index contributed by atoms with van der Waals surface area (Å²) in [5.74, 6) is -0.705. The highest BCUT2D eigenvalue weighted by atomic mass is 32.2. The highest BCUT2D eigenvalue weighted by Crippen LogP contribution is 2.32. The number of thioether (sulfide) groups is 1. The summed E-state index contributed by atoms with van der Waals surface area (Å²) in [6, 6.07) is 14.1. The van der Waals surface area contributed by atoms with E-state index in [1.807, 2.05) is 18.2 Å². The first-order chi connectivity index (χ1) is 15.6. The van der Waals surface area contributed by atoms with Gasteiger partial charge in [0.05, 0.1) is 34.5 Å². The van der Waals surface area contributed by atoms with Gasteiger partial charge in [-0.15, -0.1) is 0 Å². The molecule has 1 heterocycles. The van der Waals surface area contributed by atoms with Gasteiger partial charge in [-0.25, -0.2) is 9.78 Å². The number of fused-ring (bicyclic) bond motifs is 1. The molecule has 32 heavy (non-hydrogen) atoms. The zero-order valence-corrected chi connectivity index (χ0v) is 18.7. The monoisotopic (exact) mass is 451 g/mol. The summed E-state index contributed by atoms with van der Waals surface area (Å²) >= 11 is 1.24. The zero-order chi connectivity index (χ0) is 22.5. The van der Waals surface area contributed by atoms with Crippen LogP contribution in [0.4, 0.5) is 5.69 Å². The molecule has 1 aromatic heterocycles. The first-order valence-corrected chi connectivity index (χ1v) is 11.8. The van der Waals surface area contributed by atoms with E-state index >= 15 is 0 Å². The van der Waals surface area contributed by atoms with E-state index in [-0.39, 0.29) is 29.9 Å². The van der Waals surface area contributed by atoms with Gasteiger partial charge in [0, 0.05) is 6.04 Å². The van der Waals surface area contributed by atoms with Crippen LogP contribution in [-0.4, -0.2) is 33.8 Å². The lowest BCUT2D eigenvalue weighted by Gasteiger charge is -2.18. The van der Waals surface area contributed by atoms with E-state index in [1.54, 1.807) is 41.8 Å². The number of amides is 1. The minimum Gasteiger partial charge on any atom is -0.462 e. The number of hydrogen-bond donors (Lipinski definition) is 1. The molecule has 1 N–H and O–H groups in total. The van der Waals surface area contributed by atoms with E-state index in [2.05, 4.69) is 5.32 Å². The van der Waals surface area contributed by atoms with Crippen LogP contribution in [-0.2, 0) is 9.53 Å². The SMILES string of the molecule is CCOC(=O)c1ccccc1NC(=O)CSc1nc2ccccc2c(=O)n1C1CCCC1. The maximum absolute atomic E-state index is 13.2. The zero-order valence-electron chi connectivity index (χ0n) is 17.9. The summed E-state index contributed by atoms with van der Waals surface area (Å²) in [6.45, 7) is 1.99. The van der Waals surface area contributed by atoms with E-state index < -0.39 is 5.97 Å². The summed E-state index contributed by atoms with van der Waals surface area (Å²) in [4.78, 5) is 42.8. The minimum atomic E-state index is -0.484. The van der Waals surface area contributed by atoms with Crippen molar-refractivity contribution in [1.29, 1.82) is 0 Å². The molecule has 0 radical (unpaired) electrons. The third-order valence-electron chi connectivity index (χ3n) is 5.49. The van der Waals surface area contributed by atoms with E-state index in [4.69, 9.17) is 9.72 Å². The smallest absolute Gasteiger partial charge is 0.340 e. The minimum absolute atomic E-state index is 0.0573. The first kappa shape index (κ1) is 22.1. The number of carbonyl (C=O) groups excluding carboxylic acids is 2. The molecule has 7 nitrogen and oxygen atoms in total. The van der Waals surface area contributed by atoms with Crippen LogP contribution in [0.15, 0.2) is 58.5 Å². The number of rotatable bonds is 7. The highest BCUT2D eigenvalue weighted by molar-refractivity contribution is 7.99. The van der Waals surface area contributed by atoms with Crippen LogP contribution >= 0.6 is 11.8 Å². The third-order valence-corrected chi connectivity index (χ3v) is 6.45. The number of para-hydroxylation sites is 2. The van der Waals surface area contributed by atoms with Crippen LogP contribution < -0.4 is 10.9 Å². The summed E-state index contributed by atoms with van der Waals surface area (Å²) in [5, 5.41) is 3.93. The largest absolute Gasteiger partial charge is 0.462 e. The van der Waals surface area contributed by atoms with Gasteiger partial charge in [-0.05, 0) is 44.0 Å². The van der Waals surface area contributed by atoms with E-state index in [0.29, 0.717) is 27.3 Å². The Morgan fingerprint density at radius 3 is 2.62 bits per heavy atom. The van der Waals surface area contributed by atoms with Gasteiger partial charge >= 0.3 is 5.97 Å². The van der Waals surface area contributed by atoms with Crippen molar-refractivity contribution in [3.8, 4) is 0 Å². The molecule has 0 atom stereocenters. The Balaban J connectivity index is 1.56. The van der Waals surface area contributed by atoms with Crippen LogP contribution in [0.5, 0.6) is 0 Å². The van der Waals surface area contributed by atoms with Crippen LogP contribution in [0, 0.1) is 0 Å². The summed E-state index contributed by atoms with van der Waals surface area (Å²) in [5.41, 5.74) is 1.27. The van der Waals surface area contributed by atoms with Crippen molar-refractivity contribution >= 4 is 40.2 Å². The lowest BCUT2D eigenvalue weighted by atomic mass is 10.2. The number of ether oxygens (including phenoxy) is 1. The Morgan fingerprint density at radius 1 is 1.12 bits per heavy atom. The Hall–Kier alpha value is -3.13. The molecule has 0 aliphatic heterocycles. The van der Waals surface area contributed by atoms with Crippen molar-refractivity contribution in [3.63, 3.8) is 0 Å². The number of benzene rings is 2. The average molecular weight is 452 g/mol. The van der Waals surface area contributed by atoms with Gasteiger partial charge in [-0.2, -0.15) is 0 Å². The summed E-state index contributed by atoms with van der Waals surface area (Å²) in [6.07, 6.45) is 4.04. The highest BCUT2D eigenvalue weighted by Gasteiger charge is 2.23. The number of carbonyl (C=O) groups is 2. The first-order valence-electron chi connectivity index (χ1n) is 10.8. The van der Waals surface area contributed by atoms with Gasteiger partial charge in [0.1, 0.15) is 0 Å². The summed E-state index contributed by atoms with van der Waals surface area (Å²) in [7, 11) is 0. The number of hydrogen-bond acceptors (Lipinski definition) is 6. The van der Waals surface area contributed by atoms with E-state index in [0.717, 1.165) is 25.7 Å². The van der Waals surface area contributed by atoms with Crippen molar-refractivity contribution in [2.45, 2.75) is 43.8 Å². The third kappa shape index (κ3) is 4.70. The van der Waals surface area contributed by atoms with Gasteiger partial charge < -0.3 is 10.1 Å². The second-order valence-corrected chi connectivity index (χ2v) is 8.57. The molecule has 0 unspecified atom stereocenters. The van der Waals surface area contributed by atoms with E-state index in [9.17, 15) is 14.4 Å². The maximum atomic E-state index is 13.2. The van der Waals surface area contributed by atoms with E-state index in [1.165, 1.54) is 11.8 Å². The van der Waals surface area contributed by atoms with Crippen molar-refractivity contribution in [2.75, 3.05) is 17.7 Å². The fourth-order valence-electron chi connectivity index (χ4n) is 4.01. The Kier molecular flexibility index (Phi) is 6.90. The molecule has 2 aromatic carbocycles. The van der Waals surface area contributed by atoms with Crippen molar-refractivity contribution in [3.05, 3.63) is 64.4 Å². The van der Waals surface area contributed by atoms with Crippen LogP contribution in [0.1, 0.15) is 49.0 Å². The van der Waals surface area contributed by atoms with Crippen LogP contribution in [0.25, 0.3) is 10.9 Å². The number of aromatic nitrogens is 2. The molecule has 1 amide bonds. The average Bonchev–Trinajstić information content (AvgIpc) is 3.32. The lowest BCUT2D eigenvalue weighted by molar-refractivity contribution is -0.113. The Labute approximate surface area is 190 Å². The molecule has 1 aliphatic carbocycles. The van der Waals surface area contributed by atoms with Crippen molar-refractivity contribution in [2.24, 2.45) is 0 Å². The Bertz CT molecular complexity index is 1200. The predicted molar refractivity (Wildman–Crippen MR) is 125 cm³/mol. The molecule has 1 aliphatic rings. The molecule has 3 aromatic rings. The second kappa shape index (κ2) is 9.99. The predicted octanol–water partition coefficient (Wildman–Crippen LogP) is 4.42. The van der Waals surface area contributed by atoms with Crippen molar-refractivity contribution < 1.29 is 14.3 Å². The molecule has 1 saturated carbocycles. The fourth-order valence-corrected chi connectivity index (χ4v) is 4.87. The molecule has 0 spiro atoms. The second-order valence-electron chi connectivity index (χ2n) is 7.63. The van der Waals surface area contributed by atoms with Gasteiger partial charge in [-0.1, -0.05) is 48.9 Å². The molecule has 8 heteroatoms. The Morgan fingerprint density at radius 2 is 1.84 bits per heavy atom. The molecular formula is C24H25N3O4S. The number of esters is 1.